The predicted molar refractivity (Wildman–Crippen MR) is 122 cm³/mol. The van der Waals surface area contributed by atoms with Gasteiger partial charge in [-0.25, -0.2) is 0 Å². The van der Waals surface area contributed by atoms with Crippen molar-refractivity contribution < 1.29 is 4.57 Å². The summed E-state index contributed by atoms with van der Waals surface area (Å²) in [4.78, 5) is 0. The monoisotopic (exact) mass is 407 g/mol. The number of hydrogen-bond donors (Lipinski definition) is 1. The molecular formula is C24H24ClN2S+. The highest BCUT2D eigenvalue weighted by Crippen LogP contribution is 2.33. The van der Waals surface area contributed by atoms with Crippen LogP contribution in [0.15, 0.2) is 83.1 Å². The zero-order valence-corrected chi connectivity index (χ0v) is 17.6. The molecular weight excluding hydrogens is 384 g/mol. The first kappa shape index (κ1) is 19.0. The lowest BCUT2D eigenvalue weighted by atomic mass is 9.95. The molecule has 0 bridgehead atoms. The van der Waals surface area contributed by atoms with Crippen LogP contribution in [0.2, 0.25) is 0 Å². The van der Waals surface area contributed by atoms with E-state index in [1.165, 1.54) is 26.4 Å². The molecule has 28 heavy (non-hydrogen) atoms. The highest BCUT2D eigenvalue weighted by Gasteiger charge is 2.18. The van der Waals surface area contributed by atoms with Crippen LogP contribution < -0.4 is 9.88 Å². The minimum Gasteiger partial charge on any atom is -0.361 e. The van der Waals surface area contributed by atoms with Gasteiger partial charge in [0.15, 0.2) is 0 Å². The maximum absolute atomic E-state index is 6.75. The van der Waals surface area contributed by atoms with Gasteiger partial charge in [0.05, 0.1) is 0 Å². The van der Waals surface area contributed by atoms with Crippen LogP contribution in [0.5, 0.6) is 0 Å². The van der Waals surface area contributed by atoms with Gasteiger partial charge in [-0.05, 0) is 55.5 Å². The van der Waals surface area contributed by atoms with Gasteiger partial charge in [0.25, 0.3) is 5.01 Å². The minimum absolute atomic E-state index is 0.884. The fourth-order valence-corrected chi connectivity index (χ4v) is 5.00. The number of fused-ring (bicyclic) bond motifs is 1. The van der Waals surface area contributed by atoms with Gasteiger partial charge >= 0.3 is 0 Å². The predicted octanol–water partition coefficient (Wildman–Crippen LogP) is 6.89. The Morgan fingerprint density at radius 3 is 2.64 bits per heavy atom. The van der Waals surface area contributed by atoms with Gasteiger partial charge in [-0.1, -0.05) is 59.3 Å². The van der Waals surface area contributed by atoms with Crippen molar-refractivity contribution in [3.05, 3.63) is 88.1 Å². The lowest BCUT2D eigenvalue weighted by molar-refractivity contribution is -0.665. The van der Waals surface area contributed by atoms with Crippen molar-refractivity contribution in [2.24, 2.45) is 0 Å². The molecule has 1 aliphatic rings. The van der Waals surface area contributed by atoms with E-state index in [0.29, 0.717) is 0 Å². The number of para-hydroxylation sites is 2. The lowest BCUT2D eigenvalue weighted by Gasteiger charge is -2.17. The Morgan fingerprint density at radius 1 is 1.04 bits per heavy atom. The zero-order chi connectivity index (χ0) is 19.3. The number of anilines is 1. The second-order valence-corrected chi connectivity index (χ2v) is 8.30. The number of halogens is 1. The normalized spacial score (nSPS) is 16.4. The summed E-state index contributed by atoms with van der Waals surface area (Å²) >= 11 is 8.58. The molecule has 1 aromatic heterocycles. The molecule has 0 radical (unpaired) electrons. The summed E-state index contributed by atoms with van der Waals surface area (Å²) in [7, 11) is 0. The Hall–Kier alpha value is -2.36. The summed E-state index contributed by atoms with van der Waals surface area (Å²) in [6, 6.07) is 18.8. The van der Waals surface area contributed by atoms with Gasteiger partial charge in [-0.2, -0.15) is 4.57 Å². The maximum atomic E-state index is 6.75. The smallest absolute Gasteiger partial charge is 0.262 e. The molecule has 0 fully saturated rings. The van der Waals surface area contributed by atoms with Gasteiger partial charge in [0.2, 0.25) is 5.52 Å². The number of aryl methyl sites for hydroxylation is 1. The molecule has 0 spiro atoms. The van der Waals surface area contributed by atoms with Crippen molar-refractivity contribution in [2.45, 2.75) is 32.7 Å². The van der Waals surface area contributed by atoms with Crippen LogP contribution in [-0.4, -0.2) is 0 Å². The van der Waals surface area contributed by atoms with E-state index >= 15 is 0 Å². The number of allylic oxidation sites excluding steroid dienone is 4. The standard InChI is InChI=1S/C24H23ClN2S/c1-2-27-21-13-6-7-14-22(21)28-23(27)16-15-18-9-8-10-19(24(18)25)17-26-20-11-4-3-5-12-20/h3-7,11-17H,2,8-10H2,1H3/p+1. The fourth-order valence-electron chi connectivity index (χ4n) is 3.57. The van der Waals surface area contributed by atoms with Crippen LogP contribution in [0, 0.1) is 0 Å². The molecule has 0 saturated heterocycles. The van der Waals surface area contributed by atoms with Gasteiger partial charge < -0.3 is 5.32 Å². The van der Waals surface area contributed by atoms with E-state index in [-0.39, 0.29) is 0 Å². The van der Waals surface area contributed by atoms with E-state index in [2.05, 4.69) is 71.6 Å². The number of nitrogens with zero attached hydrogens (tertiary/aromatic N) is 1. The van der Waals surface area contributed by atoms with Crippen LogP contribution in [0.4, 0.5) is 5.69 Å². The highest BCUT2D eigenvalue weighted by atomic mass is 35.5. The molecule has 2 aromatic carbocycles. The number of rotatable bonds is 5. The first-order valence-electron chi connectivity index (χ1n) is 9.75. The Kier molecular flexibility index (Phi) is 5.94. The third kappa shape index (κ3) is 4.06. The molecule has 0 atom stereocenters. The van der Waals surface area contributed by atoms with Gasteiger partial charge in [-0.15, -0.1) is 0 Å². The van der Waals surface area contributed by atoms with Crippen molar-refractivity contribution in [3.63, 3.8) is 0 Å². The molecule has 1 aliphatic carbocycles. The lowest BCUT2D eigenvalue weighted by Crippen LogP contribution is -2.33. The Balaban J connectivity index is 1.60. The fraction of sp³-hybridized carbons (Fsp3) is 0.208. The van der Waals surface area contributed by atoms with E-state index < -0.39 is 0 Å². The average molecular weight is 408 g/mol. The SMILES string of the molecule is CC[n+]1c(C=CC2=C(Cl)C(=CNc3ccccc3)CCC2)sc2ccccc21. The van der Waals surface area contributed by atoms with Crippen molar-refractivity contribution >= 4 is 44.9 Å². The summed E-state index contributed by atoms with van der Waals surface area (Å²) in [5, 5.41) is 5.52. The van der Waals surface area contributed by atoms with E-state index in [9.17, 15) is 0 Å². The highest BCUT2D eigenvalue weighted by molar-refractivity contribution is 7.18. The number of benzene rings is 2. The quantitative estimate of drug-likeness (QED) is 0.455. The summed E-state index contributed by atoms with van der Waals surface area (Å²) in [5.74, 6) is 0. The summed E-state index contributed by atoms with van der Waals surface area (Å²) in [5.41, 5.74) is 4.77. The van der Waals surface area contributed by atoms with Crippen LogP contribution in [-0.2, 0) is 6.54 Å². The zero-order valence-electron chi connectivity index (χ0n) is 16.0. The van der Waals surface area contributed by atoms with Crippen molar-refractivity contribution in [1.29, 1.82) is 0 Å². The number of thiazole rings is 1. The first-order chi connectivity index (χ1) is 13.8. The number of nitrogens with one attached hydrogen (secondary N) is 1. The molecule has 1 N–H and O–H groups in total. The van der Waals surface area contributed by atoms with Crippen molar-refractivity contribution in [3.8, 4) is 0 Å². The van der Waals surface area contributed by atoms with Gasteiger partial charge in [0.1, 0.15) is 11.2 Å². The van der Waals surface area contributed by atoms with Crippen LogP contribution >= 0.6 is 22.9 Å². The third-order valence-electron chi connectivity index (χ3n) is 5.02. The van der Waals surface area contributed by atoms with E-state index in [0.717, 1.165) is 36.5 Å². The molecule has 4 heteroatoms. The largest absolute Gasteiger partial charge is 0.361 e. The molecule has 0 unspecified atom stereocenters. The van der Waals surface area contributed by atoms with E-state index in [1.807, 2.05) is 29.5 Å². The number of hydrogen-bond acceptors (Lipinski definition) is 2. The number of aromatic nitrogens is 1. The molecule has 2 nitrogen and oxygen atoms in total. The molecule has 142 valence electrons. The van der Waals surface area contributed by atoms with Crippen LogP contribution in [0.1, 0.15) is 31.2 Å². The van der Waals surface area contributed by atoms with Crippen molar-refractivity contribution in [1.82, 2.24) is 0 Å². The van der Waals surface area contributed by atoms with Crippen molar-refractivity contribution in [2.75, 3.05) is 5.32 Å². The molecule has 4 rings (SSSR count). The Bertz CT molecular complexity index is 1060. The van der Waals surface area contributed by atoms with Gasteiger partial charge in [-0.3, -0.25) is 0 Å². The minimum atomic E-state index is 0.884. The van der Waals surface area contributed by atoms with Gasteiger partial charge in [0, 0.05) is 29.1 Å². The topological polar surface area (TPSA) is 15.9 Å². The first-order valence-corrected chi connectivity index (χ1v) is 10.9. The second kappa shape index (κ2) is 8.76. The molecule has 1 heterocycles. The summed E-state index contributed by atoms with van der Waals surface area (Å²) < 4.78 is 3.68. The van der Waals surface area contributed by atoms with Crippen LogP contribution in [0.3, 0.4) is 0 Å². The van der Waals surface area contributed by atoms with E-state index in [1.54, 1.807) is 0 Å². The molecule has 0 aliphatic heterocycles. The molecule has 0 saturated carbocycles. The molecule has 3 aromatic rings. The van der Waals surface area contributed by atoms with Crippen LogP contribution in [0.25, 0.3) is 16.3 Å². The van der Waals surface area contributed by atoms with E-state index in [4.69, 9.17) is 11.6 Å². The Labute approximate surface area is 175 Å². The maximum Gasteiger partial charge on any atom is 0.262 e. The average Bonchev–Trinajstić information content (AvgIpc) is 3.10. The Morgan fingerprint density at radius 2 is 1.82 bits per heavy atom. The summed E-state index contributed by atoms with van der Waals surface area (Å²) in [6.07, 6.45) is 9.63. The molecule has 0 amide bonds. The third-order valence-corrected chi connectivity index (χ3v) is 6.64. The second-order valence-electron chi connectivity index (χ2n) is 6.86. The summed E-state index contributed by atoms with van der Waals surface area (Å²) in [6.45, 7) is 3.15.